The minimum absolute atomic E-state index is 0.314. The zero-order valence-corrected chi connectivity index (χ0v) is 15.4. The molecule has 8 nitrogen and oxygen atoms in total. The predicted molar refractivity (Wildman–Crippen MR) is 97.3 cm³/mol. The van der Waals surface area contributed by atoms with Crippen LogP contribution in [0.3, 0.4) is 0 Å². The number of rotatable bonds is 3. The molecule has 1 fully saturated rings. The molecule has 2 aliphatic rings. The van der Waals surface area contributed by atoms with Crippen LogP contribution >= 0.6 is 0 Å². The summed E-state index contributed by atoms with van der Waals surface area (Å²) < 4.78 is 31.0. The maximum atomic E-state index is 12.0. The number of hydrogen-bond acceptors (Lipinski definition) is 7. The second-order valence-electron chi connectivity index (χ2n) is 6.48. The van der Waals surface area contributed by atoms with E-state index in [-0.39, 0.29) is 0 Å². The molecule has 0 saturated carbocycles. The fourth-order valence-electron chi connectivity index (χ4n) is 3.32. The Balaban J connectivity index is 1.80. The topological polar surface area (TPSA) is 88.5 Å². The molecule has 0 atom stereocenters. The van der Waals surface area contributed by atoms with Gasteiger partial charge in [0, 0.05) is 56.1 Å². The summed E-state index contributed by atoms with van der Waals surface area (Å²) in [5, 5.41) is 0. The smallest absolute Gasteiger partial charge is 0.211 e. The number of anilines is 1. The van der Waals surface area contributed by atoms with Crippen LogP contribution in [0.25, 0.3) is 11.4 Å². The quantitative estimate of drug-likeness (QED) is 0.780. The minimum atomic E-state index is -3.25. The van der Waals surface area contributed by atoms with E-state index in [0.29, 0.717) is 38.5 Å². The largest absolute Gasteiger partial charge is 0.378 e. The first kappa shape index (κ1) is 17.3. The summed E-state index contributed by atoms with van der Waals surface area (Å²) in [6.45, 7) is 3.49. The van der Waals surface area contributed by atoms with E-state index in [1.165, 1.54) is 10.6 Å². The molecule has 0 amide bonds. The van der Waals surface area contributed by atoms with E-state index >= 15 is 0 Å². The van der Waals surface area contributed by atoms with Crippen molar-refractivity contribution in [3.63, 3.8) is 0 Å². The van der Waals surface area contributed by atoms with Crippen LogP contribution < -0.4 is 4.90 Å². The molecule has 2 aromatic rings. The lowest BCUT2D eigenvalue weighted by Gasteiger charge is -2.33. The molecule has 0 aliphatic carbocycles. The number of hydrogen-bond donors (Lipinski definition) is 0. The Labute approximate surface area is 152 Å². The Morgan fingerprint density at radius 1 is 1.15 bits per heavy atom. The number of pyridine rings is 1. The zero-order valence-electron chi connectivity index (χ0n) is 14.6. The average Bonchev–Trinajstić information content (AvgIpc) is 2.67. The molecule has 2 aliphatic heterocycles. The lowest BCUT2D eigenvalue weighted by molar-refractivity contribution is 0.122. The van der Waals surface area contributed by atoms with Gasteiger partial charge in [-0.2, -0.15) is 4.31 Å². The summed E-state index contributed by atoms with van der Waals surface area (Å²) in [6, 6.07) is 3.79. The highest BCUT2D eigenvalue weighted by atomic mass is 32.2. The van der Waals surface area contributed by atoms with Gasteiger partial charge in [0.25, 0.3) is 0 Å². The standard InChI is InChI=1S/C17H21N5O3S/c1-26(23,24)22-6-4-15-14(12-22)17(21-7-9-25-10-8-21)20-16(19-15)13-3-2-5-18-11-13/h2-3,5,11H,4,6-10,12H2,1H3. The Morgan fingerprint density at radius 3 is 2.65 bits per heavy atom. The van der Waals surface area contributed by atoms with Crippen molar-refractivity contribution in [1.29, 1.82) is 0 Å². The van der Waals surface area contributed by atoms with Crippen LogP contribution in [0.2, 0.25) is 0 Å². The van der Waals surface area contributed by atoms with Gasteiger partial charge in [-0.05, 0) is 12.1 Å². The van der Waals surface area contributed by atoms with Gasteiger partial charge in [-0.3, -0.25) is 4.98 Å². The predicted octanol–water partition coefficient (Wildman–Crippen LogP) is 0.693. The molecule has 0 aromatic carbocycles. The van der Waals surface area contributed by atoms with Crippen molar-refractivity contribution in [1.82, 2.24) is 19.3 Å². The molecule has 4 heterocycles. The molecule has 138 valence electrons. The summed E-state index contributed by atoms with van der Waals surface area (Å²) in [6.07, 6.45) is 5.29. The van der Waals surface area contributed by atoms with Crippen LogP contribution in [-0.4, -0.2) is 66.8 Å². The highest BCUT2D eigenvalue weighted by Crippen LogP contribution is 2.30. The molecule has 0 radical (unpaired) electrons. The molecule has 0 N–H and O–H groups in total. The van der Waals surface area contributed by atoms with Crippen LogP contribution in [0.4, 0.5) is 5.82 Å². The third-order valence-corrected chi connectivity index (χ3v) is 5.95. The lowest BCUT2D eigenvalue weighted by Crippen LogP contribution is -2.41. The molecule has 9 heteroatoms. The van der Waals surface area contributed by atoms with Gasteiger partial charge >= 0.3 is 0 Å². The molecular weight excluding hydrogens is 354 g/mol. The van der Waals surface area contributed by atoms with E-state index in [0.717, 1.165) is 35.7 Å². The van der Waals surface area contributed by atoms with Crippen LogP contribution in [0.15, 0.2) is 24.5 Å². The van der Waals surface area contributed by atoms with Gasteiger partial charge in [0.2, 0.25) is 10.0 Å². The number of morpholine rings is 1. The maximum Gasteiger partial charge on any atom is 0.211 e. The van der Waals surface area contributed by atoms with Gasteiger partial charge in [0.1, 0.15) is 5.82 Å². The summed E-state index contributed by atoms with van der Waals surface area (Å²) in [5.74, 6) is 1.44. The van der Waals surface area contributed by atoms with Gasteiger partial charge in [-0.1, -0.05) is 0 Å². The van der Waals surface area contributed by atoms with E-state index in [9.17, 15) is 8.42 Å². The van der Waals surface area contributed by atoms with Gasteiger partial charge in [0.05, 0.1) is 25.2 Å². The molecule has 0 unspecified atom stereocenters. The first-order chi connectivity index (χ1) is 12.5. The molecule has 1 saturated heterocycles. The molecule has 26 heavy (non-hydrogen) atoms. The monoisotopic (exact) mass is 375 g/mol. The van der Waals surface area contributed by atoms with Crippen molar-refractivity contribution >= 4 is 15.8 Å². The molecule has 2 aromatic heterocycles. The third-order valence-electron chi connectivity index (χ3n) is 4.70. The van der Waals surface area contributed by atoms with Gasteiger partial charge in [-0.15, -0.1) is 0 Å². The van der Waals surface area contributed by atoms with E-state index < -0.39 is 10.0 Å². The average molecular weight is 375 g/mol. The van der Waals surface area contributed by atoms with E-state index in [1.54, 1.807) is 12.4 Å². The van der Waals surface area contributed by atoms with Crippen molar-refractivity contribution in [2.24, 2.45) is 0 Å². The highest BCUT2D eigenvalue weighted by molar-refractivity contribution is 7.88. The highest BCUT2D eigenvalue weighted by Gasteiger charge is 2.29. The van der Waals surface area contributed by atoms with Crippen molar-refractivity contribution < 1.29 is 13.2 Å². The van der Waals surface area contributed by atoms with Crippen LogP contribution in [0.1, 0.15) is 11.3 Å². The summed E-state index contributed by atoms with van der Waals surface area (Å²) in [7, 11) is -3.25. The van der Waals surface area contributed by atoms with Crippen molar-refractivity contribution in [3.8, 4) is 11.4 Å². The molecular formula is C17H21N5O3S. The van der Waals surface area contributed by atoms with Gasteiger partial charge in [-0.25, -0.2) is 18.4 Å². The van der Waals surface area contributed by atoms with Crippen LogP contribution in [-0.2, 0) is 27.7 Å². The Kier molecular flexibility index (Phi) is 4.60. The summed E-state index contributed by atoms with van der Waals surface area (Å²) >= 11 is 0. The van der Waals surface area contributed by atoms with Crippen LogP contribution in [0.5, 0.6) is 0 Å². The second kappa shape index (κ2) is 6.90. The molecule has 0 bridgehead atoms. The third kappa shape index (κ3) is 3.42. The van der Waals surface area contributed by atoms with Crippen LogP contribution in [0, 0.1) is 0 Å². The van der Waals surface area contributed by atoms with Gasteiger partial charge < -0.3 is 9.64 Å². The second-order valence-corrected chi connectivity index (χ2v) is 8.47. The normalized spacial score (nSPS) is 18.6. The number of aromatic nitrogens is 3. The number of nitrogens with zero attached hydrogens (tertiary/aromatic N) is 5. The van der Waals surface area contributed by atoms with Crippen molar-refractivity contribution in [2.45, 2.75) is 13.0 Å². The van der Waals surface area contributed by atoms with Gasteiger partial charge in [0.15, 0.2) is 5.82 Å². The maximum absolute atomic E-state index is 12.0. The first-order valence-electron chi connectivity index (χ1n) is 8.60. The van der Waals surface area contributed by atoms with E-state index in [2.05, 4.69) is 9.88 Å². The summed E-state index contributed by atoms with van der Waals surface area (Å²) in [4.78, 5) is 15.8. The Hall–Kier alpha value is -2.10. The molecule has 0 spiro atoms. The number of sulfonamides is 1. The SMILES string of the molecule is CS(=O)(=O)N1CCc2nc(-c3cccnc3)nc(N3CCOCC3)c2C1. The zero-order chi connectivity index (χ0) is 18.1. The minimum Gasteiger partial charge on any atom is -0.378 e. The fraction of sp³-hybridized carbons (Fsp3) is 0.471. The van der Waals surface area contributed by atoms with Crippen molar-refractivity contribution in [3.05, 3.63) is 35.8 Å². The first-order valence-corrected chi connectivity index (χ1v) is 10.5. The number of ether oxygens (including phenoxy) is 1. The lowest BCUT2D eigenvalue weighted by atomic mass is 10.1. The number of fused-ring (bicyclic) bond motifs is 1. The Bertz CT molecular complexity index is 898. The van der Waals surface area contributed by atoms with E-state index in [4.69, 9.17) is 14.7 Å². The molecule has 4 rings (SSSR count). The fourth-order valence-corrected chi connectivity index (χ4v) is 4.10. The summed E-state index contributed by atoms with van der Waals surface area (Å²) in [5.41, 5.74) is 2.67. The van der Waals surface area contributed by atoms with Crippen molar-refractivity contribution in [2.75, 3.05) is 44.0 Å². The Morgan fingerprint density at radius 2 is 1.96 bits per heavy atom. The van der Waals surface area contributed by atoms with E-state index in [1.807, 2.05) is 12.1 Å².